The van der Waals surface area contributed by atoms with E-state index in [0.29, 0.717) is 24.6 Å². The van der Waals surface area contributed by atoms with Crippen LogP contribution < -0.4 is 10.1 Å². The Balaban J connectivity index is 1.68. The highest BCUT2D eigenvalue weighted by Crippen LogP contribution is 2.26. The predicted molar refractivity (Wildman–Crippen MR) is 100 cm³/mol. The SMILES string of the molecule is CCCSc1nnc(NC(=O)CCCOc2ccc(C)cc2C)s1. The Labute approximate surface area is 151 Å². The first-order valence-corrected chi connectivity index (χ1v) is 9.85. The van der Waals surface area contributed by atoms with E-state index in [9.17, 15) is 4.79 Å². The molecule has 5 nitrogen and oxygen atoms in total. The van der Waals surface area contributed by atoms with Gasteiger partial charge in [0.15, 0.2) is 4.34 Å². The standard InChI is InChI=1S/C17H23N3O2S2/c1-4-10-23-17-20-19-16(24-17)18-15(21)6-5-9-22-14-8-7-12(2)11-13(14)3/h7-8,11H,4-6,9-10H2,1-3H3,(H,18,19,21). The zero-order chi connectivity index (χ0) is 17.4. The van der Waals surface area contributed by atoms with Gasteiger partial charge in [0.25, 0.3) is 0 Å². The van der Waals surface area contributed by atoms with E-state index in [1.54, 1.807) is 11.8 Å². The number of nitrogens with zero attached hydrogens (tertiary/aromatic N) is 2. The van der Waals surface area contributed by atoms with Gasteiger partial charge in [-0.1, -0.05) is 47.7 Å². The molecule has 130 valence electrons. The lowest BCUT2D eigenvalue weighted by molar-refractivity contribution is -0.116. The number of rotatable bonds is 9. The molecule has 0 atom stereocenters. The number of hydrogen-bond donors (Lipinski definition) is 1. The van der Waals surface area contributed by atoms with Crippen LogP contribution in [0.3, 0.4) is 0 Å². The Morgan fingerprint density at radius 3 is 2.92 bits per heavy atom. The average Bonchev–Trinajstić information content (AvgIpc) is 2.98. The Morgan fingerprint density at radius 1 is 1.33 bits per heavy atom. The molecule has 1 aromatic carbocycles. The van der Waals surface area contributed by atoms with Crippen LogP contribution in [0.4, 0.5) is 5.13 Å². The number of aromatic nitrogens is 2. The molecular formula is C17H23N3O2S2. The number of benzene rings is 1. The Kier molecular flexibility index (Phi) is 7.52. The summed E-state index contributed by atoms with van der Waals surface area (Å²) in [6.07, 6.45) is 2.16. The topological polar surface area (TPSA) is 64.1 Å². The summed E-state index contributed by atoms with van der Waals surface area (Å²) in [7, 11) is 0. The van der Waals surface area contributed by atoms with Gasteiger partial charge in [0.1, 0.15) is 5.75 Å². The molecule has 0 aliphatic carbocycles. The summed E-state index contributed by atoms with van der Waals surface area (Å²) in [5, 5.41) is 11.4. The molecule has 0 unspecified atom stereocenters. The van der Waals surface area contributed by atoms with Gasteiger partial charge in [-0.3, -0.25) is 4.79 Å². The number of hydrogen-bond acceptors (Lipinski definition) is 6. The van der Waals surface area contributed by atoms with Crippen LogP contribution in [-0.2, 0) is 4.79 Å². The largest absolute Gasteiger partial charge is 0.493 e. The van der Waals surface area contributed by atoms with E-state index in [4.69, 9.17) is 4.74 Å². The number of carbonyl (C=O) groups excluding carboxylic acids is 1. The molecule has 0 fully saturated rings. The smallest absolute Gasteiger partial charge is 0.226 e. The summed E-state index contributed by atoms with van der Waals surface area (Å²) in [5.41, 5.74) is 2.33. The van der Waals surface area contributed by atoms with Gasteiger partial charge in [0.2, 0.25) is 11.0 Å². The van der Waals surface area contributed by atoms with Crippen LogP contribution in [0.1, 0.15) is 37.3 Å². The molecule has 0 saturated carbocycles. The molecule has 1 N–H and O–H groups in total. The van der Waals surface area contributed by atoms with Crippen LogP contribution >= 0.6 is 23.1 Å². The molecule has 0 aliphatic rings. The van der Waals surface area contributed by atoms with E-state index in [1.165, 1.54) is 16.9 Å². The third kappa shape index (κ3) is 6.13. The van der Waals surface area contributed by atoms with Gasteiger partial charge >= 0.3 is 0 Å². The van der Waals surface area contributed by atoms with Gasteiger partial charge in [0, 0.05) is 12.2 Å². The normalized spacial score (nSPS) is 10.6. The van der Waals surface area contributed by atoms with Crippen molar-refractivity contribution in [1.29, 1.82) is 0 Å². The second-order valence-corrected chi connectivity index (χ2v) is 7.81. The number of anilines is 1. The van der Waals surface area contributed by atoms with E-state index >= 15 is 0 Å². The first-order valence-electron chi connectivity index (χ1n) is 8.04. The number of carbonyl (C=O) groups is 1. The summed E-state index contributed by atoms with van der Waals surface area (Å²) in [6.45, 7) is 6.72. The minimum absolute atomic E-state index is 0.0533. The summed E-state index contributed by atoms with van der Waals surface area (Å²) < 4.78 is 6.63. The molecule has 0 aliphatic heterocycles. The van der Waals surface area contributed by atoms with Gasteiger partial charge in [-0.25, -0.2) is 0 Å². The highest BCUT2D eigenvalue weighted by Gasteiger charge is 2.08. The fourth-order valence-corrected chi connectivity index (χ4v) is 3.76. The van der Waals surface area contributed by atoms with E-state index in [2.05, 4.69) is 35.4 Å². The summed E-state index contributed by atoms with van der Waals surface area (Å²) in [4.78, 5) is 11.9. The maximum absolute atomic E-state index is 11.9. The van der Waals surface area contributed by atoms with Crippen LogP contribution in [0.25, 0.3) is 0 Å². The lowest BCUT2D eigenvalue weighted by Crippen LogP contribution is -2.12. The van der Waals surface area contributed by atoms with Crippen molar-refractivity contribution in [3.05, 3.63) is 29.3 Å². The van der Waals surface area contributed by atoms with Crippen LogP contribution in [0.5, 0.6) is 5.75 Å². The second kappa shape index (κ2) is 9.64. The summed E-state index contributed by atoms with van der Waals surface area (Å²) >= 11 is 3.08. The monoisotopic (exact) mass is 365 g/mol. The molecule has 24 heavy (non-hydrogen) atoms. The lowest BCUT2D eigenvalue weighted by atomic mass is 10.1. The van der Waals surface area contributed by atoms with Crippen molar-refractivity contribution in [2.75, 3.05) is 17.7 Å². The van der Waals surface area contributed by atoms with Gasteiger partial charge in [-0.05, 0) is 38.3 Å². The van der Waals surface area contributed by atoms with Crippen LogP contribution in [-0.4, -0.2) is 28.5 Å². The maximum Gasteiger partial charge on any atom is 0.226 e. The highest BCUT2D eigenvalue weighted by atomic mass is 32.2. The quantitative estimate of drug-likeness (QED) is 0.404. The summed E-state index contributed by atoms with van der Waals surface area (Å²) in [5.74, 6) is 1.84. The van der Waals surface area contributed by atoms with Crippen molar-refractivity contribution in [2.24, 2.45) is 0 Å². The second-order valence-electron chi connectivity index (χ2n) is 5.49. The van der Waals surface area contributed by atoms with Crippen LogP contribution in [0.15, 0.2) is 22.5 Å². The third-order valence-electron chi connectivity index (χ3n) is 3.22. The van der Waals surface area contributed by atoms with Crippen LogP contribution in [0, 0.1) is 13.8 Å². The molecule has 1 amide bonds. The lowest BCUT2D eigenvalue weighted by Gasteiger charge is -2.09. The molecular weight excluding hydrogens is 342 g/mol. The van der Waals surface area contributed by atoms with Gasteiger partial charge in [-0.15, -0.1) is 10.2 Å². The highest BCUT2D eigenvalue weighted by molar-refractivity contribution is 8.01. The molecule has 2 rings (SSSR count). The predicted octanol–water partition coefficient (Wildman–Crippen LogP) is 4.45. The molecule has 0 spiro atoms. The zero-order valence-electron chi connectivity index (χ0n) is 14.3. The van der Waals surface area contributed by atoms with Crippen molar-refractivity contribution < 1.29 is 9.53 Å². The number of ether oxygens (including phenoxy) is 1. The first kappa shape index (κ1) is 18.7. The number of thioether (sulfide) groups is 1. The molecule has 0 saturated heterocycles. The van der Waals surface area contributed by atoms with Crippen LogP contribution in [0.2, 0.25) is 0 Å². The molecule has 7 heteroatoms. The minimum Gasteiger partial charge on any atom is -0.493 e. The molecule has 2 aromatic rings. The number of aryl methyl sites for hydroxylation is 2. The van der Waals surface area contributed by atoms with Crippen molar-refractivity contribution in [3.8, 4) is 5.75 Å². The van der Waals surface area contributed by atoms with E-state index in [1.807, 2.05) is 19.1 Å². The first-order chi connectivity index (χ1) is 11.6. The van der Waals surface area contributed by atoms with E-state index in [-0.39, 0.29) is 5.91 Å². The van der Waals surface area contributed by atoms with Gasteiger partial charge in [-0.2, -0.15) is 0 Å². The fourth-order valence-electron chi connectivity index (χ4n) is 2.07. The van der Waals surface area contributed by atoms with E-state index in [0.717, 1.165) is 27.8 Å². The van der Waals surface area contributed by atoms with Crippen molar-refractivity contribution in [3.63, 3.8) is 0 Å². The maximum atomic E-state index is 11.9. The summed E-state index contributed by atoms with van der Waals surface area (Å²) in [6, 6.07) is 6.09. The van der Waals surface area contributed by atoms with Crippen molar-refractivity contribution in [2.45, 2.75) is 44.4 Å². The Hall–Kier alpha value is -1.60. The van der Waals surface area contributed by atoms with Gasteiger partial charge < -0.3 is 10.1 Å². The number of nitrogens with one attached hydrogen (secondary N) is 1. The third-order valence-corrected chi connectivity index (χ3v) is 5.40. The zero-order valence-corrected chi connectivity index (χ0v) is 15.9. The van der Waals surface area contributed by atoms with Crippen molar-refractivity contribution >= 4 is 34.1 Å². The Morgan fingerprint density at radius 2 is 2.17 bits per heavy atom. The Bertz CT molecular complexity index is 674. The molecule has 0 radical (unpaired) electrons. The molecule has 1 heterocycles. The van der Waals surface area contributed by atoms with Gasteiger partial charge in [0.05, 0.1) is 6.61 Å². The van der Waals surface area contributed by atoms with Crippen molar-refractivity contribution in [1.82, 2.24) is 10.2 Å². The minimum atomic E-state index is -0.0533. The fraction of sp³-hybridized carbons (Fsp3) is 0.471. The number of amides is 1. The molecule has 1 aromatic heterocycles. The van der Waals surface area contributed by atoms with E-state index < -0.39 is 0 Å². The molecule has 0 bridgehead atoms. The average molecular weight is 366 g/mol.